The van der Waals surface area contributed by atoms with Gasteiger partial charge in [0.05, 0.1) is 39.6 Å². The molecular formula is C6H21O9P. The van der Waals surface area contributed by atoms with E-state index in [1.807, 2.05) is 0 Å². The van der Waals surface area contributed by atoms with E-state index in [0.717, 1.165) is 0 Å². The van der Waals surface area contributed by atoms with Gasteiger partial charge in [-0.1, -0.05) is 0 Å². The lowest BCUT2D eigenvalue weighted by Gasteiger charge is -1.76. The highest BCUT2D eigenvalue weighted by molar-refractivity contribution is 7.38. The highest BCUT2D eigenvalue weighted by Gasteiger charge is 1.76. The van der Waals surface area contributed by atoms with Gasteiger partial charge in [-0.15, -0.1) is 0 Å². The molecule has 9 nitrogen and oxygen atoms in total. The van der Waals surface area contributed by atoms with Crippen LogP contribution in [0.3, 0.4) is 0 Å². The summed E-state index contributed by atoms with van der Waals surface area (Å²) in [5.74, 6) is 0. The van der Waals surface area contributed by atoms with Crippen LogP contribution in [-0.4, -0.2) is 85.0 Å². The largest absolute Gasteiger partial charge is 0.394 e. The van der Waals surface area contributed by atoms with Gasteiger partial charge in [-0.2, -0.15) is 0 Å². The minimum absolute atomic E-state index is 0.125. The molecule has 0 amide bonds. The first-order valence-electron chi connectivity index (χ1n) is 4.00. The van der Waals surface area contributed by atoms with Gasteiger partial charge in [0.25, 0.3) is 0 Å². The first-order chi connectivity index (χ1) is 7.47. The third-order valence-corrected chi connectivity index (χ3v) is 0.300. The Kier molecular flexibility index (Phi) is 56.8. The van der Waals surface area contributed by atoms with E-state index in [-0.39, 0.29) is 39.6 Å². The number of aliphatic hydroxyl groups is 6. The molecule has 0 bridgehead atoms. The van der Waals surface area contributed by atoms with Crippen LogP contribution >= 0.6 is 8.60 Å². The molecule has 0 unspecified atom stereocenters. The van der Waals surface area contributed by atoms with Crippen LogP contribution in [0.25, 0.3) is 0 Å². The van der Waals surface area contributed by atoms with Crippen LogP contribution < -0.4 is 0 Å². The van der Waals surface area contributed by atoms with E-state index in [1.165, 1.54) is 0 Å². The maximum atomic E-state index is 7.62. The van der Waals surface area contributed by atoms with Crippen molar-refractivity contribution >= 4 is 8.60 Å². The summed E-state index contributed by atoms with van der Waals surface area (Å²) in [4.78, 5) is 21.7. The van der Waals surface area contributed by atoms with Gasteiger partial charge < -0.3 is 45.3 Å². The lowest BCUT2D eigenvalue weighted by molar-refractivity contribution is 0.186. The summed E-state index contributed by atoms with van der Waals surface area (Å²) in [6, 6.07) is 0. The Bertz CT molecular complexity index is 56.8. The number of aliphatic hydroxyl groups excluding tert-OH is 6. The summed E-state index contributed by atoms with van der Waals surface area (Å²) >= 11 is 0. The van der Waals surface area contributed by atoms with Gasteiger partial charge in [-0.05, 0) is 0 Å². The molecule has 10 heteroatoms. The van der Waals surface area contributed by atoms with E-state index in [1.54, 1.807) is 0 Å². The molecule has 0 radical (unpaired) electrons. The quantitative estimate of drug-likeness (QED) is 0.231. The molecule has 0 saturated carbocycles. The van der Waals surface area contributed by atoms with E-state index < -0.39 is 8.60 Å². The SMILES string of the molecule is OCCO.OCCO.OCCO.OP(O)O. The molecule has 9 N–H and O–H groups in total. The highest BCUT2D eigenvalue weighted by Crippen LogP contribution is 2.11. The van der Waals surface area contributed by atoms with Crippen molar-refractivity contribution in [1.29, 1.82) is 0 Å². The second-order valence-corrected chi connectivity index (χ2v) is 2.15. The van der Waals surface area contributed by atoms with Gasteiger partial charge in [0, 0.05) is 0 Å². The van der Waals surface area contributed by atoms with E-state index in [9.17, 15) is 0 Å². The minimum Gasteiger partial charge on any atom is -0.394 e. The fraction of sp³-hybridized carbons (Fsp3) is 1.00. The van der Waals surface area contributed by atoms with E-state index >= 15 is 0 Å². The Balaban J connectivity index is -0.0000000600. The van der Waals surface area contributed by atoms with Gasteiger partial charge >= 0.3 is 8.60 Å². The van der Waals surface area contributed by atoms with Crippen LogP contribution in [0.2, 0.25) is 0 Å². The summed E-state index contributed by atoms with van der Waals surface area (Å²) < 4.78 is 0. The van der Waals surface area contributed by atoms with Gasteiger partial charge in [-0.3, -0.25) is 0 Å². The fourth-order valence-electron chi connectivity index (χ4n) is 0. The van der Waals surface area contributed by atoms with Gasteiger partial charge in [0.15, 0.2) is 0 Å². The molecular weight excluding hydrogens is 247 g/mol. The molecule has 0 atom stereocenters. The van der Waals surface area contributed by atoms with Gasteiger partial charge in [0.2, 0.25) is 0 Å². The zero-order chi connectivity index (χ0) is 13.8. The predicted molar refractivity (Wildman–Crippen MR) is 56.1 cm³/mol. The van der Waals surface area contributed by atoms with E-state index in [0.29, 0.717) is 0 Å². The Morgan fingerprint density at radius 2 is 0.500 bits per heavy atom. The zero-order valence-electron chi connectivity index (χ0n) is 8.71. The lowest BCUT2D eigenvalue weighted by atomic mass is 10.8. The second kappa shape index (κ2) is 36.3. The number of rotatable bonds is 3. The number of hydrogen-bond acceptors (Lipinski definition) is 9. The molecule has 0 aromatic rings. The van der Waals surface area contributed by atoms with Crippen molar-refractivity contribution < 1.29 is 45.3 Å². The maximum Gasteiger partial charge on any atom is 0.324 e. The lowest BCUT2D eigenvalue weighted by Crippen LogP contribution is -1.85. The van der Waals surface area contributed by atoms with E-state index in [4.69, 9.17) is 45.3 Å². The average molecular weight is 268 g/mol. The van der Waals surface area contributed by atoms with Crippen molar-refractivity contribution in [3.63, 3.8) is 0 Å². The normalized spacial score (nSPS) is 7.88. The van der Waals surface area contributed by atoms with Crippen molar-refractivity contribution in [2.45, 2.75) is 0 Å². The summed E-state index contributed by atoms with van der Waals surface area (Å²) in [6.45, 7) is -0.750. The topological polar surface area (TPSA) is 182 Å². The monoisotopic (exact) mass is 268 g/mol. The van der Waals surface area contributed by atoms with Gasteiger partial charge in [-0.25, -0.2) is 0 Å². The van der Waals surface area contributed by atoms with Crippen molar-refractivity contribution in [1.82, 2.24) is 0 Å². The predicted octanol–water partition coefficient (Wildman–Crippen LogP) is -3.90. The zero-order valence-corrected chi connectivity index (χ0v) is 9.61. The van der Waals surface area contributed by atoms with Crippen molar-refractivity contribution in [3.8, 4) is 0 Å². The Labute approximate surface area is 94.5 Å². The third-order valence-electron chi connectivity index (χ3n) is 0.300. The Hall–Kier alpha value is 0.0700. The van der Waals surface area contributed by atoms with Crippen molar-refractivity contribution in [3.05, 3.63) is 0 Å². The Morgan fingerprint density at radius 1 is 0.438 bits per heavy atom. The summed E-state index contributed by atoms with van der Waals surface area (Å²) in [5, 5.41) is 45.8. The van der Waals surface area contributed by atoms with Crippen LogP contribution in [0.4, 0.5) is 0 Å². The average Bonchev–Trinajstić information content (AvgIpc) is 2.28. The molecule has 16 heavy (non-hydrogen) atoms. The van der Waals surface area contributed by atoms with Crippen molar-refractivity contribution in [2.24, 2.45) is 0 Å². The number of hydrogen-bond donors (Lipinski definition) is 9. The Morgan fingerprint density at radius 3 is 0.500 bits per heavy atom. The molecule has 0 aromatic heterocycles. The molecule has 0 fully saturated rings. The first kappa shape index (κ1) is 25.1. The summed E-state index contributed by atoms with van der Waals surface area (Å²) in [6.07, 6.45) is 0. The maximum absolute atomic E-state index is 7.62. The van der Waals surface area contributed by atoms with Crippen LogP contribution in [0.15, 0.2) is 0 Å². The first-order valence-corrected chi connectivity index (χ1v) is 5.20. The molecule has 0 aromatic carbocycles. The van der Waals surface area contributed by atoms with Gasteiger partial charge in [0.1, 0.15) is 0 Å². The van der Waals surface area contributed by atoms with Crippen LogP contribution in [0.1, 0.15) is 0 Å². The molecule has 0 aliphatic heterocycles. The molecule has 0 aliphatic rings. The highest BCUT2D eigenvalue weighted by atomic mass is 31.2. The van der Waals surface area contributed by atoms with Crippen LogP contribution in [0.5, 0.6) is 0 Å². The second-order valence-electron chi connectivity index (χ2n) is 1.61. The minimum atomic E-state index is -2.62. The standard InChI is InChI=1S/3C2H6O2.H3O3P/c3*3-1-2-4;1-4(2)3/h3*3-4H,1-2H2;1-3H. The molecule has 0 aliphatic carbocycles. The smallest absolute Gasteiger partial charge is 0.324 e. The third kappa shape index (κ3) is 255. The molecule has 104 valence electrons. The molecule has 0 saturated heterocycles. The summed E-state index contributed by atoms with van der Waals surface area (Å²) in [5.41, 5.74) is 0. The van der Waals surface area contributed by atoms with Crippen molar-refractivity contribution in [2.75, 3.05) is 39.6 Å². The molecule has 0 rings (SSSR count). The van der Waals surface area contributed by atoms with E-state index in [2.05, 4.69) is 0 Å². The molecule has 0 spiro atoms. The van der Waals surface area contributed by atoms with Crippen LogP contribution in [-0.2, 0) is 0 Å². The summed E-state index contributed by atoms with van der Waals surface area (Å²) in [7, 11) is -2.62. The fourth-order valence-corrected chi connectivity index (χ4v) is 0. The van der Waals surface area contributed by atoms with Crippen LogP contribution in [0, 0.1) is 0 Å². The molecule has 0 heterocycles.